The normalized spacial score (nSPS) is 11.3. The van der Waals surface area contributed by atoms with E-state index in [-0.39, 0.29) is 0 Å². The van der Waals surface area contributed by atoms with Gasteiger partial charge in [0, 0.05) is 28.1 Å². The van der Waals surface area contributed by atoms with E-state index in [4.69, 9.17) is 9.97 Å². The Morgan fingerprint density at radius 2 is 1.05 bits per heavy atom. The molecule has 0 fully saturated rings. The number of hydrogen-bond acceptors (Lipinski definition) is 3. The second-order valence-corrected chi connectivity index (χ2v) is 10.5. The Kier molecular flexibility index (Phi) is 5.79. The van der Waals surface area contributed by atoms with Crippen LogP contribution in [0, 0.1) is 0 Å². The van der Waals surface area contributed by atoms with Crippen LogP contribution < -0.4 is 0 Å². The SMILES string of the molecule is c1ccc(-c2nc3ccccc3nc2-c2cccc(-c3ccc(-c4cccc5c4ccc4cccnc45)cc3)c2)cc1. The molecule has 8 aromatic rings. The second kappa shape index (κ2) is 10.1. The summed E-state index contributed by atoms with van der Waals surface area (Å²) in [5.41, 5.74) is 11.4. The molecule has 0 bridgehead atoms. The van der Waals surface area contributed by atoms with E-state index in [9.17, 15) is 0 Å². The first-order valence-electron chi connectivity index (χ1n) is 14.1. The van der Waals surface area contributed by atoms with Crippen molar-refractivity contribution in [3.8, 4) is 44.8 Å². The van der Waals surface area contributed by atoms with Crippen LogP contribution in [0.1, 0.15) is 0 Å². The number of pyridine rings is 1. The molecule has 0 atom stereocenters. The van der Waals surface area contributed by atoms with Gasteiger partial charge >= 0.3 is 0 Å². The highest BCUT2D eigenvalue weighted by atomic mass is 14.8. The summed E-state index contributed by atoms with van der Waals surface area (Å²) in [6.45, 7) is 0. The topological polar surface area (TPSA) is 38.7 Å². The Balaban J connectivity index is 1.20. The zero-order valence-electron chi connectivity index (χ0n) is 22.8. The molecule has 3 nitrogen and oxygen atoms in total. The van der Waals surface area contributed by atoms with Crippen LogP contribution in [0.5, 0.6) is 0 Å². The van der Waals surface area contributed by atoms with Gasteiger partial charge in [0.2, 0.25) is 0 Å². The number of fused-ring (bicyclic) bond motifs is 4. The van der Waals surface area contributed by atoms with E-state index in [2.05, 4.69) is 102 Å². The van der Waals surface area contributed by atoms with Crippen molar-refractivity contribution >= 4 is 32.7 Å². The zero-order chi connectivity index (χ0) is 27.9. The highest BCUT2D eigenvalue weighted by Gasteiger charge is 2.14. The van der Waals surface area contributed by atoms with Crippen LogP contribution in [0.15, 0.2) is 152 Å². The Hall–Kier alpha value is -5.67. The smallest absolute Gasteiger partial charge is 0.0973 e. The first-order chi connectivity index (χ1) is 20.8. The monoisotopic (exact) mass is 535 g/mol. The second-order valence-electron chi connectivity index (χ2n) is 10.5. The van der Waals surface area contributed by atoms with Crippen molar-refractivity contribution < 1.29 is 0 Å². The summed E-state index contributed by atoms with van der Waals surface area (Å²) in [6, 6.07) is 50.7. The van der Waals surface area contributed by atoms with Gasteiger partial charge in [-0.3, -0.25) is 4.98 Å². The first-order valence-corrected chi connectivity index (χ1v) is 14.1. The lowest BCUT2D eigenvalue weighted by Crippen LogP contribution is -1.95. The minimum Gasteiger partial charge on any atom is -0.256 e. The molecule has 2 aromatic heterocycles. The van der Waals surface area contributed by atoms with Crippen LogP contribution in [0.3, 0.4) is 0 Å². The van der Waals surface area contributed by atoms with Crippen molar-refractivity contribution in [1.29, 1.82) is 0 Å². The molecule has 0 aliphatic heterocycles. The molecule has 0 aliphatic carbocycles. The fraction of sp³-hybridized carbons (Fsp3) is 0. The van der Waals surface area contributed by atoms with Crippen molar-refractivity contribution in [3.63, 3.8) is 0 Å². The molecule has 0 radical (unpaired) electrons. The van der Waals surface area contributed by atoms with Crippen molar-refractivity contribution in [2.75, 3.05) is 0 Å². The van der Waals surface area contributed by atoms with Gasteiger partial charge in [0.15, 0.2) is 0 Å². The fourth-order valence-corrected chi connectivity index (χ4v) is 5.84. The summed E-state index contributed by atoms with van der Waals surface area (Å²) in [5.74, 6) is 0. The molecule has 0 unspecified atom stereocenters. The van der Waals surface area contributed by atoms with Gasteiger partial charge in [-0.2, -0.15) is 0 Å². The number of rotatable bonds is 4. The molecule has 8 rings (SSSR count). The average molecular weight is 536 g/mol. The maximum atomic E-state index is 5.09. The van der Waals surface area contributed by atoms with E-state index in [0.717, 1.165) is 55.6 Å². The molecule has 3 heteroatoms. The molecule has 0 spiro atoms. The summed E-state index contributed by atoms with van der Waals surface area (Å²) in [4.78, 5) is 14.8. The number of hydrogen-bond donors (Lipinski definition) is 0. The molecule has 0 N–H and O–H groups in total. The van der Waals surface area contributed by atoms with Gasteiger partial charge in [-0.15, -0.1) is 0 Å². The molecular formula is C39H25N3. The summed E-state index contributed by atoms with van der Waals surface area (Å²) < 4.78 is 0. The molecule has 0 saturated heterocycles. The average Bonchev–Trinajstić information content (AvgIpc) is 3.08. The van der Waals surface area contributed by atoms with E-state index < -0.39 is 0 Å². The van der Waals surface area contributed by atoms with E-state index in [1.807, 2.05) is 54.7 Å². The zero-order valence-corrected chi connectivity index (χ0v) is 22.8. The third-order valence-electron chi connectivity index (χ3n) is 7.91. The Bertz CT molecular complexity index is 2240. The summed E-state index contributed by atoms with van der Waals surface area (Å²) >= 11 is 0. The largest absolute Gasteiger partial charge is 0.256 e. The molecular weight excluding hydrogens is 510 g/mol. The number of benzene rings is 6. The van der Waals surface area contributed by atoms with Gasteiger partial charge in [0.05, 0.1) is 27.9 Å². The minimum absolute atomic E-state index is 0.884. The number of aromatic nitrogens is 3. The lowest BCUT2D eigenvalue weighted by atomic mass is 9.94. The van der Waals surface area contributed by atoms with E-state index in [1.54, 1.807) is 0 Å². The lowest BCUT2D eigenvalue weighted by molar-refractivity contribution is 1.29. The van der Waals surface area contributed by atoms with Gasteiger partial charge in [-0.25, -0.2) is 9.97 Å². The summed E-state index contributed by atoms with van der Waals surface area (Å²) in [5, 5.41) is 3.54. The predicted octanol–water partition coefficient (Wildman–Crippen LogP) is 10.00. The van der Waals surface area contributed by atoms with Crippen molar-refractivity contribution in [2.45, 2.75) is 0 Å². The van der Waals surface area contributed by atoms with Crippen LogP contribution in [-0.2, 0) is 0 Å². The van der Waals surface area contributed by atoms with Crippen LogP contribution in [-0.4, -0.2) is 15.0 Å². The highest BCUT2D eigenvalue weighted by Crippen LogP contribution is 2.36. The van der Waals surface area contributed by atoms with Crippen LogP contribution in [0.2, 0.25) is 0 Å². The quantitative estimate of drug-likeness (QED) is 0.211. The van der Waals surface area contributed by atoms with Crippen LogP contribution in [0.4, 0.5) is 0 Å². The Morgan fingerprint density at radius 3 is 1.86 bits per heavy atom. The molecule has 2 heterocycles. The molecule has 0 aliphatic rings. The van der Waals surface area contributed by atoms with Gasteiger partial charge < -0.3 is 0 Å². The number of nitrogens with zero attached hydrogens (tertiary/aromatic N) is 3. The Labute approximate surface area is 243 Å². The third-order valence-corrected chi connectivity index (χ3v) is 7.91. The van der Waals surface area contributed by atoms with Crippen LogP contribution >= 0.6 is 0 Å². The summed E-state index contributed by atoms with van der Waals surface area (Å²) in [7, 11) is 0. The van der Waals surface area contributed by atoms with Gasteiger partial charge in [0.25, 0.3) is 0 Å². The lowest BCUT2D eigenvalue weighted by Gasteiger charge is -2.12. The molecule has 6 aromatic carbocycles. The molecule has 196 valence electrons. The standard InChI is InChI=1S/C39H25N3/c1-2-9-28(10-3-1)38-39(42-36-17-5-4-16-35(36)41-38)31-12-6-11-30(25-31)26-18-20-27(21-19-26)32-14-7-15-34-33(32)23-22-29-13-8-24-40-37(29)34/h1-25H. The van der Waals surface area contributed by atoms with Gasteiger partial charge in [-0.1, -0.05) is 121 Å². The van der Waals surface area contributed by atoms with E-state index in [1.165, 1.54) is 21.9 Å². The van der Waals surface area contributed by atoms with Crippen LogP contribution in [0.25, 0.3) is 77.5 Å². The van der Waals surface area contributed by atoms with Crippen molar-refractivity contribution in [2.24, 2.45) is 0 Å². The summed E-state index contributed by atoms with van der Waals surface area (Å²) in [6.07, 6.45) is 1.86. The van der Waals surface area contributed by atoms with Gasteiger partial charge in [-0.05, 0) is 51.9 Å². The molecule has 0 saturated carbocycles. The van der Waals surface area contributed by atoms with Crippen molar-refractivity contribution in [1.82, 2.24) is 15.0 Å². The van der Waals surface area contributed by atoms with Gasteiger partial charge in [0.1, 0.15) is 0 Å². The van der Waals surface area contributed by atoms with E-state index >= 15 is 0 Å². The maximum absolute atomic E-state index is 5.09. The van der Waals surface area contributed by atoms with E-state index in [0.29, 0.717) is 0 Å². The molecule has 0 amide bonds. The fourth-order valence-electron chi connectivity index (χ4n) is 5.84. The number of para-hydroxylation sites is 2. The highest BCUT2D eigenvalue weighted by molar-refractivity contribution is 6.10. The predicted molar refractivity (Wildman–Crippen MR) is 174 cm³/mol. The first kappa shape index (κ1) is 24.2. The maximum Gasteiger partial charge on any atom is 0.0973 e. The molecule has 42 heavy (non-hydrogen) atoms. The Morgan fingerprint density at radius 1 is 0.381 bits per heavy atom. The third kappa shape index (κ3) is 4.20. The van der Waals surface area contributed by atoms with Crippen molar-refractivity contribution in [3.05, 3.63) is 152 Å². The minimum atomic E-state index is 0.884.